The van der Waals surface area contributed by atoms with E-state index < -0.39 is 0 Å². The molecule has 0 radical (unpaired) electrons. The number of nitrogens with zero attached hydrogens (tertiary/aromatic N) is 4. The SMILES string of the molecule is CCNC(=NCCN1CCc2sccc2C1)NC1CCN(c2ncccc2Cl)C1.I. The zero-order valence-electron chi connectivity index (χ0n) is 17.3. The monoisotopic (exact) mass is 560 g/mol. The second kappa shape index (κ2) is 11.5. The van der Waals surface area contributed by atoms with Gasteiger partial charge in [-0.1, -0.05) is 11.6 Å². The summed E-state index contributed by atoms with van der Waals surface area (Å²) in [6, 6.07) is 6.38. The van der Waals surface area contributed by atoms with Gasteiger partial charge in [-0.3, -0.25) is 9.89 Å². The molecule has 1 fully saturated rings. The molecule has 0 spiro atoms. The van der Waals surface area contributed by atoms with E-state index >= 15 is 0 Å². The minimum absolute atomic E-state index is 0. The van der Waals surface area contributed by atoms with Crippen molar-refractivity contribution in [1.29, 1.82) is 0 Å². The normalized spacial score (nSPS) is 19.3. The molecule has 1 saturated heterocycles. The van der Waals surface area contributed by atoms with E-state index in [0.717, 1.165) is 64.0 Å². The van der Waals surface area contributed by atoms with Gasteiger partial charge in [0.15, 0.2) is 5.96 Å². The van der Waals surface area contributed by atoms with E-state index in [2.05, 4.69) is 43.8 Å². The summed E-state index contributed by atoms with van der Waals surface area (Å²) < 4.78 is 0. The molecule has 2 aromatic heterocycles. The van der Waals surface area contributed by atoms with Crippen molar-refractivity contribution in [3.05, 3.63) is 45.2 Å². The molecule has 0 amide bonds. The van der Waals surface area contributed by atoms with Crippen LogP contribution in [-0.4, -0.2) is 61.2 Å². The molecule has 164 valence electrons. The lowest BCUT2D eigenvalue weighted by molar-refractivity contribution is 0.263. The van der Waals surface area contributed by atoms with Gasteiger partial charge >= 0.3 is 0 Å². The van der Waals surface area contributed by atoms with Gasteiger partial charge in [0, 0.05) is 56.4 Å². The number of nitrogens with one attached hydrogen (secondary N) is 2. The molecule has 2 aliphatic rings. The highest BCUT2D eigenvalue weighted by Gasteiger charge is 2.25. The minimum Gasteiger partial charge on any atom is -0.357 e. The molecule has 4 heterocycles. The Bertz CT molecular complexity index is 844. The molecular weight excluding hydrogens is 531 g/mol. The van der Waals surface area contributed by atoms with Gasteiger partial charge in [-0.2, -0.15) is 0 Å². The van der Waals surface area contributed by atoms with Crippen LogP contribution in [0.25, 0.3) is 0 Å². The number of fused-ring (bicyclic) bond motifs is 1. The van der Waals surface area contributed by atoms with Crippen molar-refractivity contribution in [1.82, 2.24) is 20.5 Å². The predicted molar refractivity (Wildman–Crippen MR) is 138 cm³/mol. The van der Waals surface area contributed by atoms with Crippen LogP contribution < -0.4 is 15.5 Å². The Morgan fingerprint density at radius 1 is 1.37 bits per heavy atom. The second-order valence-electron chi connectivity index (χ2n) is 7.54. The summed E-state index contributed by atoms with van der Waals surface area (Å²) in [6.45, 7) is 8.78. The van der Waals surface area contributed by atoms with E-state index in [4.69, 9.17) is 16.6 Å². The number of anilines is 1. The quantitative estimate of drug-likeness (QED) is 0.321. The van der Waals surface area contributed by atoms with E-state index in [1.54, 1.807) is 11.1 Å². The Balaban J connectivity index is 0.00000256. The molecule has 2 N–H and O–H groups in total. The fraction of sp³-hybridized carbons (Fsp3) is 0.524. The first-order valence-electron chi connectivity index (χ1n) is 10.4. The van der Waals surface area contributed by atoms with Gasteiger partial charge in [0.2, 0.25) is 0 Å². The molecule has 1 atom stereocenters. The van der Waals surface area contributed by atoms with Crippen molar-refractivity contribution in [2.45, 2.75) is 32.4 Å². The van der Waals surface area contributed by atoms with E-state index in [1.165, 1.54) is 12.0 Å². The fourth-order valence-corrected chi connectivity index (χ4v) is 5.13. The van der Waals surface area contributed by atoms with Crippen LogP contribution in [0.1, 0.15) is 23.8 Å². The van der Waals surface area contributed by atoms with E-state index in [1.807, 2.05) is 23.5 Å². The highest BCUT2D eigenvalue weighted by molar-refractivity contribution is 14.0. The first kappa shape index (κ1) is 23.6. The first-order valence-corrected chi connectivity index (χ1v) is 11.7. The van der Waals surface area contributed by atoms with Crippen molar-refractivity contribution in [2.75, 3.05) is 44.2 Å². The Morgan fingerprint density at radius 3 is 3.10 bits per heavy atom. The maximum Gasteiger partial charge on any atom is 0.191 e. The van der Waals surface area contributed by atoms with Crippen molar-refractivity contribution in [3.63, 3.8) is 0 Å². The summed E-state index contributed by atoms with van der Waals surface area (Å²) >= 11 is 8.20. The van der Waals surface area contributed by atoms with Crippen LogP contribution in [0.3, 0.4) is 0 Å². The van der Waals surface area contributed by atoms with Crippen LogP contribution in [-0.2, 0) is 13.0 Å². The van der Waals surface area contributed by atoms with Crippen LogP contribution in [0, 0.1) is 0 Å². The van der Waals surface area contributed by atoms with E-state index in [9.17, 15) is 0 Å². The van der Waals surface area contributed by atoms with Crippen LogP contribution in [0.5, 0.6) is 0 Å². The third kappa shape index (κ3) is 5.99. The minimum atomic E-state index is 0. The molecule has 0 aromatic carbocycles. The molecule has 0 bridgehead atoms. The number of pyridine rings is 1. The maximum atomic E-state index is 6.31. The molecule has 0 saturated carbocycles. The van der Waals surface area contributed by atoms with Crippen LogP contribution in [0.15, 0.2) is 34.8 Å². The molecule has 2 aromatic rings. The topological polar surface area (TPSA) is 55.8 Å². The summed E-state index contributed by atoms with van der Waals surface area (Å²) in [5.74, 6) is 1.78. The summed E-state index contributed by atoms with van der Waals surface area (Å²) in [4.78, 5) is 15.6. The number of guanidine groups is 1. The number of aromatic nitrogens is 1. The lowest BCUT2D eigenvalue weighted by Crippen LogP contribution is -2.45. The molecule has 4 rings (SSSR count). The predicted octanol–water partition coefficient (Wildman–Crippen LogP) is 3.61. The zero-order valence-corrected chi connectivity index (χ0v) is 21.2. The maximum absolute atomic E-state index is 6.31. The van der Waals surface area contributed by atoms with Crippen molar-refractivity contribution in [3.8, 4) is 0 Å². The van der Waals surface area contributed by atoms with E-state index in [0.29, 0.717) is 11.1 Å². The third-order valence-electron chi connectivity index (χ3n) is 5.48. The summed E-state index contributed by atoms with van der Waals surface area (Å²) in [5.41, 5.74) is 1.49. The Kier molecular flexibility index (Phi) is 9.03. The molecule has 2 aliphatic heterocycles. The average molecular weight is 561 g/mol. The van der Waals surface area contributed by atoms with Crippen LogP contribution >= 0.6 is 46.9 Å². The van der Waals surface area contributed by atoms with Gasteiger partial charge in [-0.25, -0.2) is 4.98 Å². The number of thiophene rings is 1. The summed E-state index contributed by atoms with van der Waals surface area (Å²) in [7, 11) is 0. The zero-order chi connectivity index (χ0) is 20.1. The summed E-state index contributed by atoms with van der Waals surface area (Å²) in [6.07, 6.45) is 4.01. The third-order valence-corrected chi connectivity index (χ3v) is 6.80. The van der Waals surface area contributed by atoms with Gasteiger partial charge in [-0.05, 0) is 48.9 Å². The van der Waals surface area contributed by atoms with Gasteiger partial charge < -0.3 is 15.5 Å². The number of rotatable bonds is 6. The molecule has 1 unspecified atom stereocenters. The smallest absolute Gasteiger partial charge is 0.191 e. The second-order valence-corrected chi connectivity index (χ2v) is 8.95. The standard InChI is InChI=1S/C21H29ClN6S.HI/c1-2-23-21(25-9-12-27-10-6-19-16(14-27)7-13-29-19)26-17-5-11-28(15-17)20-18(22)4-3-8-24-20;/h3-4,7-8,13,17H,2,5-6,9-12,14-15H2,1H3,(H2,23,25,26);1H. The van der Waals surface area contributed by atoms with Gasteiger partial charge in [-0.15, -0.1) is 35.3 Å². The Hall–Kier alpha value is -1.10. The van der Waals surface area contributed by atoms with Crippen molar-refractivity contribution >= 4 is 58.7 Å². The highest BCUT2D eigenvalue weighted by Crippen LogP contribution is 2.26. The number of halogens is 2. The Morgan fingerprint density at radius 2 is 2.27 bits per heavy atom. The van der Waals surface area contributed by atoms with Gasteiger partial charge in [0.25, 0.3) is 0 Å². The lowest BCUT2D eigenvalue weighted by atomic mass is 10.1. The number of hydrogen-bond acceptors (Lipinski definition) is 5. The Labute approximate surface area is 205 Å². The van der Waals surface area contributed by atoms with Crippen molar-refractivity contribution < 1.29 is 0 Å². The lowest BCUT2D eigenvalue weighted by Gasteiger charge is -2.26. The summed E-state index contributed by atoms with van der Waals surface area (Å²) in [5, 5.41) is 9.90. The number of aliphatic imine (C=N–C) groups is 1. The first-order chi connectivity index (χ1) is 14.2. The molecule has 6 nitrogen and oxygen atoms in total. The molecule has 0 aliphatic carbocycles. The molecule has 9 heteroatoms. The highest BCUT2D eigenvalue weighted by atomic mass is 127. The molecule has 30 heavy (non-hydrogen) atoms. The average Bonchev–Trinajstić information content (AvgIpc) is 3.37. The van der Waals surface area contributed by atoms with Crippen LogP contribution in [0.2, 0.25) is 5.02 Å². The van der Waals surface area contributed by atoms with Gasteiger partial charge in [0.1, 0.15) is 5.82 Å². The fourth-order valence-electron chi connectivity index (χ4n) is 3.99. The van der Waals surface area contributed by atoms with E-state index in [-0.39, 0.29) is 24.0 Å². The largest absolute Gasteiger partial charge is 0.357 e. The molecular formula is C21H30ClIN6S. The van der Waals surface area contributed by atoms with Gasteiger partial charge in [0.05, 0.1) is 11.6 Å². The number of hydrogen-bond donors (Lipinski definition) is 2. The van der Waals surface area contributed by atoms with Crippen molar-refractivity contribution in [2.24, 2.45) is 4.99 Å². The van der Waals surface area contributed by atoms with Crippen LogP contribution in [0.4, 0.5) is 5.82 Å².